The number of carbonyl (C=O) groups excluding carboxylic acids is 7. The molecule has 3 spiro atoms. The molecule has 0 bridgehead atoms. The highest BCUT2D eigenvalue weighted by molar-refractivity contribution is 6.15. The van der Waals surface area contributed by atoms with Gasteiger partial charge in [0.1, 0.15) is 75.3 Å². The van der Waals surface area contributed by atoms with Crippen LogP contribution in [0.3, 0.4) is 0 Å². The van der Waals surface area contributed by atoms with Gasteiger partial charge in [-0.15, -0.1) is 0 Å². The molecule has 0 aromatic rings. The molecule has 11 N–H and O–H groups in total. The van der Waals surface area contributed by atoms with Crippen LogP contribution < -0.4 is 0 Å². The number of carbonyl (C=O) groups is 7. The Bertz CT molecular complexity index is 4080. The second kappa shape index (κ2) is 22.7. The van der Waals surface area contributed by atoms with E-state index >= 15 is 0 Å². The van der Waals surface area contributed by atoms with Crippen molar-refractivity contribution in [3.63, 3.8) is 0 Å². The van der Waals surface area contributed by atoms with Crippen molar-refractivity contribution in [3.05, 3.63) is 69.9 Å². The molecule has 24 heteroatoms. The molecule has 32 atom stereocenters. The number of hydrogen-bond donors (Lipinski definition) is 11. The predicted octanol–water partition coefficient (Wildman–Crippen LogP) is 5.38. The number of epoxide rings is 3. The highest BCUT2D eigenvalue weighted by atomic mass is 16.6. The van der Waals surface area contributed by atoms with E-state index in [2.05, 4.69) is 0 Å². The third-order valence-corrected chi connectivity index (χ3v) is 36.1. The first-order valence-corrected chi connectivity index (χ1v) is 39.6. The molecule has 3 saturated heterocycles. The van der Waals surface area contributed by atoms with Crippen molar-refractivity contribution >= 4 is 41.0 Å². The normalized spacial score (nSPS) is 54.5. The third kappa shape index (κ3) is 8.43. The minimum Gasteiger partial charge on any atom is -0.455 e. The minimum atomic E-state index is -1.82. The summed E-state index contributed by atoms with van der Waals surface area (Å²) >= 11 is 0. The number of cyclic esters (lactones) is 3. The second-order valence-electron chi connectivity index (χ2n) is 38.9. The van der Waals surface area contributed by atoms with Crippen molar-refractivity contribution in [3.8, 4) is 0 Å². The summed E-state index contributed by atoms with van der Waals surface area (Å²) < 4.78 is 35.1. The van der Waals surface area contributed by atoms with E-state index in [0.29, 0.717) is 93.8 Å². The maximum atomic E-state index is 13.3. The molecule has 12 fully saturated rings. The maximum Gasteiger partial charge on any atom is 0.334 e. The fraction of sp³-hybridized carbons (Fsp3) is 0.774. The maximum absolute atomic E-state index is 13.3. The van der Waals surface area contributed by atoms with Gasteiger partial charge >= 0.3 is 17.9 Å². The molecule has 12 aliphatic carbocycles. The van der Waals surface area contributed by atoms with Crippen LogP contribution in [0.25, 0.3) is 0 Å². The van der Waals surface area contributed by atoms with E-state index in [4.69, 9.17) is 28.4 Å². The molecule has 0 radical (unpaired) electrons. The number of allylic oxidation sites excluding steroid dienone is 3. The summed E-state index contributed by atoms with van der Waals surface area (Å²) in [5, 5.41) is 132. The van der Waals surface area contributed by atoms with E-state index in [1.807, 2.05) is 55.4 Å². The minimum absolute atomic E-state index is 0.0933. The van der Waals surface area contributed by atoms with Crippen LogP contribution in [0.15, 0.2) is 69.9 Å². The number of aliphatic hydroxyl groups is 11. The Hall–Kier alpha value is -5.03. The molecular weight excluding hydrogens is 1390 g/mol. The molecule has 6 heterocycles. The lowest BCUT2D eigenvalue weighted by Crippen LogP contribution is -2.73. The number of ether oxygens (including phenoxy) is 6. The lowest BCUT2D eigenvalue weighted by Gasteiger charge is -2.63. The molecule has 24 nitrogen and oxygen atoms in total. The fourth-order valence-electron chi connectivity index (χ4n) is 28.1. The summed E-state index contributed by atoms with van der Waals surface area (Å²) in [6, 6.07) is 0. The van der Waals surface area contributed by atoms with Gasteiger partial charge in [-0.25, -0.2) is 14.4 Å². The summed E-state index contributed by atoms with van der Waals surface area (Å²) in [5.41, 5.74) is -20.3. The standard InChI is InChI=1S/2C28H38O8.C28H36O8/c3*1-14-12-20(35-22(31)15(14)2)25(5,32)27(34)11-10-26(33)17-13-21-28(36-21)19(30)7-6-18(29)24(28,4)16(17)8-9-23(26,27)3/h2*6-7,16-17,19-21,30,32-34H,8-13H2,1-5H3;6-7,16-17,20-21,32-34H,8-13H2,1-5H3/t16?,17?,19-,20?,21+,23-,24-,25-,26+,27-,28+;16?,17?,19-,20?,21-,23+,24+,25+,26-,27+,28-;16?,17?,20?,21-,23+,24+,25+,26-,27+,28-/m011/s1. The third-order valence-electron chi connectivity index (χ3n) is 36.1. The number of ketones is 4. The Balaban J connectivity index is 0.000000124. The molecule has 6 aliphatic heterocycles. The number of aliphatic hydroxyl groups excluding tert-OH is 2. The van der Waals surface area contributed by atoms with E-state index in [1.54, 1.807) is 27.7 Å². The van der Waals surface area contributed by atoms with Gasteiger partial charge < -0.3 is 84.6 Å². The van der Waals surface area contributed by atoms with Crippen LogP contribution in [0.5, 0.6) is 0 Å². The summed E-state index contributed by atoms with van der Waals surface area (Å²) in [5.74, 6) is -3.92. The van der Waals surface area contributed by atoms with Crippen molar-refractivity contribution in [1.29, 1.82) is 0 Å². The molecule has 9 saturated carbocycles. The first-order valence-electron chi connectivity index (χ1n) is 39.6. The van der Waals surface area contributed by atoms with Gasteiger partial charge in [0.05, 0.1) is 51.4 Å². The van der Waals surface area contributed by atoms with Crippen molar-refractivity contribution in [2.75, 3.05) is 0 Å². The topological polar surface area (TPSA) is 407 Å². The largest absolute Gasteiger partial charge is 0.455 e. The van der Waals surface area contributed by atoms with Gasteiger partial charge in [0.15, 0.2) is 28.7 Å². The Morgan fingerprint density at radius 1 is 0.370 bits per heavy atom. The van der Waals surface area contributed by atoms with Crippen molar-refractivity contribution in [1.82, 2.24) is 0 Å². The highest BCUT2D eigenvalue weighted by Gasteiger charge is 2.89. The smallest absolute Gasteiger partial charge is 0.334 e. The number of fused-ring (bicyclic) bond motifs is 12. The zero-order valence-electron chi connectivity index (χ0n) is 65.0. The van der Waals surface area contributed by atoms with Crippen LogP contribution in [-0.2, 0) is 62.0 Å². The number of esters is 3. The van der Waals surface area contributed by atoms with Gasteiger partial charge in [0.2, 0.25) is 0 Å². The lowest BCUT2D eigenvalue weighted by molar-refractivity contribution is -0.283. The summed E-state index contributed by atoms with van der Waals surface area (Å²) in [6.45, 7) is 26.1. The number of hydrogen-bond acceptors (Lipinski definition) is 24. The Kier molecular flexibility index (Phi) is 16.2. The molecule has 18 rings (SSSR count). The highest BCUT2D eigenvalue weighted by Crippen LogP contribution is 2.79. The fourth-order valence-corrected chi connectivity index (χ4v) is 28.1. The summed E-state index contributed by atoms with van der Waals surface area (Å²) in [7, 11) is 0. The van der Waals surface area contributed by atoms with E-state index in [-0.39, 0.29) is 103 Å². The molecule has 0 aromatic heterocycles. The lowest BCUT2D eigenvalue weighted by atomic mass is 9.42. The predicted molar refractivity (Wildman–Crippen MR) is 381 cm³/mol. The molecular formula is C84H112O24. The van der Waals surface area contributed by atoms with Crippen LogP contribution in [0, 0.1) is 68.0 Å². The second-order valence-corrected chi connectivity index (χ2v) is 38.9. The zero-order chi connectivity index (χ0) is 78.8. The molecule has 9 unspecified atom stereocenters. The van der Waals surface area contributed by atoms with Gasteiger partial charge in [-0.2, -0.15) is 0 Å². The molecule has 18 aliphatic rings. The van der Waals surface area contributed by atoms with Gasteiger partial charge in [0, 0.05) is 52.2 Å². The summed E-state index contributed by atoms with van der Waals surface area (Å²) in [4.78, 5) is 90.3. The SMILES string of the molecule is CC1=C(C)C(=O)OC([C@](C)(O)[C@]2(O)CC[C@@]3(O)C4C[C@H]5O[C@]56C(=O)C=CC(=O)[C@]6(C)C4CC[C@]23C)C1.CC1=C(C)C(=O)OC([C@](C)(O)[C@]2(O)CC[C@@]3(O)C4C[C@H]5O[C@]56[C@@H](O)C=CC(=O)[C@]6(C)C4CC[C@]23C)C1.CC1=C(C)C(=O)OC([C@](C)(O)[C@]2(O)CC[C@@]3(O)C4C[C@H]5O[C@]56[C@H](O)C=CC(=O)[C@]6(C)C4CC[C@]23C)C1. The van der Waals surface area contributed by atoms with Gasteiger partial charge in [-0.1, -0.05) is 37.5 Å². The van der Waals surface area contributed by atoms with Crippen molar-refractivity contribution in [2.45, 2.75) is 335 Å². The van der Waals surface area contributed by atoms with Crippen LogP contribution in [0.4, 0.5) is 0 Å². The van der Waals surface area contributed by atoms with Crippen molar-refractivity contribution in [2.24, 2.45) is 68.0 Å². The Labute approximate surface area is 629 Å². The van der Waals surface area contributed by atoms with Gasteiger partial charge in [0.25, 0.3) is 0 Å². The quantitative estimate of drug-likeness (QED) is 0.0902. The summed E-state index contributed by atoms with van der Waals surface area (Å²) in [6.07, 6.45) is 8.82. The van der Waals surface area contributed by atoms with E-state index in [9.17, 15) is 89.7 Å². The first kappa shape index (κ1) is 76.9. The molecule has 0 amide bonds. The van der Waals surface area contributed by atoms with Gasteiger partial charge in [-0.3, -0.25) is 19.2 Å². The van der Waals surface area contributed by atoms with E-state index in [1.165, 1.54) is 57.2 Å². The molecule has 592 valence electrons. The van der Waals surface area contributed by atoms with E-state index in [0.717, 1.165) is 16.7 Å². The average Bonchev–Trinajstić information content (AvgIpc) is 1.48. The van der Waals surface area contributed by atoms with Crippen LogP contribution in [-0.4, -0.2) is 213 Å². The molecule has 108 heavy (non-hydrogen) atoms. The average molecular weight is 1510 g/mol. The Morgan fingerprint density at radius 2 is 0.657 bits per heavy atom. The van der Waals surface area contributed by atoms with Crippen LogP contribution in [0.2, 0.25) is 0 Å². The van der Waals surface area contributed by atoms with Crippen LogP contribution >= 0.6 is 0 Å². The monoisotopic (exact) mass is 1500 g/mol. The first-order chi connectivity index (χ1) is 49.8. The van der Waals surface area contributed by atoms with Gasteiger partial charge in [-0.05, 0) is 251 Å². The number of rotatable bonds is 6. The zero-order valence-corrected chi connectivity index (χ0v) is 65.0. The van der Waals surface area contributed by atoms with E-state index < -0.39 is 160 Å². The van der Waals surface area contributed by atoms with Crippen LogP contribution in [0.1, 0.15) is 219 Å². The van der Waals surface area contributed by atoms with Crippen molar-refractivity contribution < 1.29 is 118 Å². The Morgan fingerprint density at radius 3 is 0.972 bits per heavy atom. The molecule has 0 aromatic carbocycles.